The third-order valence-electron chi connectivity index (χ3n) is 4.52. The number of rotatable bonds is 7. The second-order valence-electron chi connectivity index (χ2n) is 6.33. The van der Waals surface area contributed by atoms with E-state index >= 15 is 0 Å². The van der Waals surface area contributed by atoms with E-state index in [1.54, 1.807) is 12.1 Å². The highest BCUT2D eigenvalue weighted by Crippen LogP contribution is 2.30. The summed E-state index contributed by atoms with van der Waals surface area (Å²) in [5, 5.41) is 10.4. The molecule has 0 aromatic heterocycles. The molecule has 0 aliphatic carbocycles. The van der Waals surface area contributed by atoms with Crippen molar-refractivity contribution in [3.63, 3.8) is 0 Å². The summed E-state index contributed by atoms with van der Waals surface area (Å²) in [5.41, 5.74) is 0.746. The van der Waals surface area contributed by atoms with E-state index in [4.69, 9.17) is 0 Å². The molecule has 130 valence electrons. The van der Waals surface area contributed by atoms with Crippen molar-refractivity contribution in [1.29, 1.82) is 0 Å². The predicted octanol–water partition coefficient (Wildman–Crippen LogP) is 2.40. The molecule has 1 fully saturated rings. The van der Waals surface area contributed by atoms with Crippen molar-refractivity contribution >= 4 is 9.84 Å². The number of aliphatic hydroxyl groups excluding tert-OH is 1. The Morgan fingerprint density at radius 3 is 2.39 bits per heavy atom. The number of hydrogen-bond donors (Lipinski definition) is 1. The first-order chi connectivity index (χ1) is 10.9. The van der Waals surface area contributed by atoms with Gasteiger partial charge in [-0.15, -0.1) is 0 Å². The molecule has 1 unspecified atom stereocenters. The lowest BCUT2D eigenvalue weighted by Crippen LogP contribution is -2.38. The van der Waals surface area contributed by atoms with E-state index in [1.807, 2.05) is 6.92 Å². The fourth-order valence-corrected chi connectivity index (χ4v) is 4.47. The molecule has 0 radical (unpaired) electrons. The Labute approximate surface area is 138 Å². The van der Waals surface area contributed by atoms with Gasteiger partial charge in [-0.1, -0.05) is 19.1 Å². The number of piperidine rings is 1. The molecule has 1 heterocycles. The van der Waals surface area contributed by atoms with Crippen LogP contribution in [0.4, 0.5) is 4.39 Å². The van der Waals surface area contributed by atoms with Crippen LogP contribution in [0.25, 0.3) is 0 Å². The van der Waals surface area contributed by atoms with Crippen molar-refractivity contribution < 1.29 is 17.9 Å². The number of hydrogen-bond acceptors (Lipinski definition) is 4. The lowest BCUT2D eigenvalue weighted by molar-refractivity contribution is 0.0605. The van der Waals surface area contributed by atoms with Crippen LogP contribution < -0.4 is 0 Å². The highest BCUT2D eigenvalue weighted by atomic mass is 32.2. The largest absolute Gasteiger partial charge is 0.388 e. The lowest BCUT2D eigenvalue weighted by atomic mass is 9.87. The van der Waals surface area contributed by atoms with Crippen molar-refractivity contribution in [2.24, 2.45) is 5.92 Å². The van der Waals surface area contributed by atoms with Gasteiger partial charge in [-0.05, 0) is 56.0 Å². The summed E-state index contributed by atoms with van der Waals surface area (Å²) < 4.78 is 36.5. The van der Waals surface area contributed by atoms with Gasteiger partial charge < -0.3 is 10.0 Å². The van der Waals surface area contributed by atoms with Crippen LogP contribution in [0.15, 0.2) is 24.3 Å². The molecule has 1 aliphatic heterocycles. The van der Waals surface area contributed by atoms with Crippen LogP contribution in [-0.2, 0) is 9.84 Å². The van der Waals surface area contributed by atoms with Gasteiger partial charge in [0.1, 0.15) is 5.82 Å². The van der Waals surface area contributed by atoms with Crippen molar-refractivity contribution in [2.75, 3.05) is 31.1 Å². The van der Waals surface area contributed by atoms with Crippen LogP contribution >= 0.6 is 0 Å². The summed E-state index contributed by atoms with van der Waals surface area (Å²) in [6, 6.07) is 5.99. The highest BCUT2D eigenvalue weighted by molar-refractivity contribution is 7.91. The van der Waals surface area contributed by atoms with Crippen LogP contribution in [0, 0.1) is 11.7 Å². The number of benzene rings is 1. The van der Waals surface area contributed by atoms with Gasteiger partial charge in [0.05, 0.1) is 11.9 Å². The monoisotopic (exact) mass is 343 g/mol. The van der Waals surface area contributed by atoms with Gasteiger partial charge in [0.2, 0.25) is 0 Å². The Kier molecular flexibility index (Phi) is 6.56. The normalized spacial score (nSPS) is 18.9. The average Bonchev–Trinajstić information content (AvgIpc) is 2.53. The van der Waals surface area contributed by atoms with E-state index in [0.29, 0.717) is 13.0 Å². The SMILES string of the molecule is CCCS(=O)(=O)CCN1CCC(C(O)c2ccc(F)cc2)CC1. The Balaban J connectivity index is 1.80. The maximum absolute atomic E-state index is 12.9. The average molecular weight is 343 g/mol. The zero-order chi connectivity index (χ0) is 16.9. The topological polar surface area (TPSA) is 57.6 Å². The Morgan fingerprint density at radius 1 is 1.22 bits per heavy atom. The number of nitrogens with zero attached hydrogens (tertiary/aromatic N) is 1. The summed E-state index contributed by atoms with van der Waals surface area (Å²) in [6.07, 6.45) is 1.73. The van der Waals surface area contributed by atoms with E-state index in [1.165, 1.54) is 12.1 Å². The first-order valence-corrected chi connectivity index (χ1v) is 10.1. The van der Waals surface area contributed by atoms with Crippen molar-refractivity contribution in [3.05, 3.63) is 35.6 Å². The first-order valence-electron chi connectivity index (χ1n) is 8.27. The number of halogens is 1. The van der Waals surface area contributed by atoms with Crippen LogP contribution in [-0.4, -0.2) is 49.6 Å². The molecule has 0 bridgehead atoms. The van der Waals surface area contributed by atoms with Gasteiger partial charge in [-0.25, -0.2) is 12.8 Å². The molecule has 0 saturated carbocycles. The van der Waals surface area contributed by atoms with Gasteiger partial charge >= 0.3 is 0 Å². The molecule has 0 spiro atoms. The van der Waals surface area contributed by atoms with E-state index in [9.17, 15) is 17.9 Å². The summed E-state index contributed by atoms with van der Waals surface area (Å²) in [6.45, 7) is 4.04. The number of likely N-dealkylation sites (tertiary alicyclic amines) is 1. The second kappa shape index (κ2) is 8.22. The molecule has 2 rings (SSSR count). The fraction of sp³-hybridized carbons (Fsp3) is 0.647. The van der Waals surface area contributed by atoms with Gasteiger partial charge in [0.25, 0.3) is 0 Å². The standard InChI is InChI=1S/C17H26FNO3S/c1-2-12-23(21,22)13-11-19-9-7-15(8-10-19)17(20)14-3-5-16(18)6-4-14/h3-6,15,17,20H,2,7-13H2,1H3. The Morgan fingerprint density at radius 2 is 1.83 bits per heavy atom. The summed E-state index contributed by atoms with van der Waals surface area (Å²) >= 11 is 0. The quantitative estimate of drug-likeness (QED) is 0.826. The molecular formula is C17H26FNO3S. The molecular weight excluding hydrogens is 317 g/mol. The maximum atomic E-state index is 12.9. The minimum Gasteiger partial charge on any atom is -0.388 e. The van der Waals surface area contributed by atoms with E-state index in [0.717, 1.165) is 31.5 Å². The molecule has 1 aromatic rings. The van der Waals surface area contributed by atoms with Crippen LogP contribution in [0.2, 0.25) is 0 Å². The molecule has 1 saturated heterocycles. The molecule has 4 nitrogen and oxygen atoms in total. The molecule has 6 heteroatoms. The van der Waals surface area contributed by atoms with Crippen LogP contribution in [0.3, 0.4) is 0 Å². The van der Waals surface area contributed by atoms with Crippen LogP contribution in [0.5, 0.6) is 0 Å². The van der Waals surface area contributed by atoms with E-state index in [2.05, 4.69) is 4.90 Å². The zero-order valence-corrected chi connectivity index (χ0v) is 14.4. The molecule has 1 N–H and O–H groups in total. The fourth-order valence-electron chi connectivity index (χ4n) is 3.11. The molecule has 23 heavy (non-hydrogen) atoms. The number of aliphatic hydroxyl groups is 1. The van der Waals surface area contributed by atoms with Crippen molar-refractivity contribution in [2.45, 2.75) is 32.3 Å². The minimum absolute atomic E-state index is 0.143. The van der Waals surface area contributed by atoms with E-state index < -0.39 is 15.9 Å². The summed E-state index contributed by atoms with van der Waals surface area (Å²) in [7, 11) is -2.93. The van der Waals surface area contributed by atoms with Crippen molar-refractivity contribution in [1.82, 2.24) is 4.90 Å². The van der Waals surface area contributed by atoms with Crippen LogP contribution in [0.1, 0.15) is 37.9 Å². The number of sulfone groups is 1. The van der Waals surface area contributed by atoms with Gasteiger partial charge in [0.15, 0.2) is 9.84 Å². The zero-order valence-electron chi connectivity index (χ0n) is 13.6. The predicted molar refractivity (Wildman–Crippen MR) is 89.5 cm³/mol. The minimum atomic E-state index is -2.93. The summed E-state index contributed by atoms with van der Waals surface area (Å²) in [5.74, 6) is 0.312. The maximum Gasteiger partial charge on any atom is 0.151 e. The third-order valence-corrected chi connectivity index (χ3v) is 6.36. The van der Waals surface area contributed by atoms with Crippen molar-refractivity contribution in [3.8, 4) is 0 Å². The van der Waals surface area contributed by atoms with Gasteiger partial charge in [-0.3, -0.25) is 0 Å². The van der Waals surface area contributed by atoms with E-state index in [-0.39, 0.29) is 23.2 Å². The molecule has 0 amide bonds. The Hall–Kier alpha value is -0.980. The third kappa shape index (κ3) is 5.55. The Bertz CT molecular complexity index is 580. The van der Waals surface area contributed by atoms with Gasteiger partial charge in [0, 0.05) is 12.3 Å². The molecule has 1 atom stereocenters. The first kappa shape index (κ1) is 18.4. The van der Waals surface area contributed by atoms with Gasteiger partial charge in [-0.2, -0.15) is 0 Å². The lowest BCUT2D eigenvalue weighted by Gasteiger charge is -2.34. The summed E-state index contributed by atoms with van der Waals surface area (Å²) in [4.78, 5) is 2.15. The smallest absolute Gasteiger partial charge is 0.151 e. The molecule has 1 aromatic carbocycles. The second-order valence-corrected chi connectivity index (χ2v) is 8.63. The molecule has 1 aliphatic rings. The highest BCUT2D eigenvalue weighted by Gasteiger charge is 2.26.